The van der Waals surface area contributed by atoms with Gasteiger partial charge in [0.25, 0.3) is 0 Å². The molecule has 0 N–H and O–H groups in total. The lowest BCUT2D eigenvalue weighted by Gasteiger charge is -2.57. The number of hydrogen-bond acceptors (Lipinski definition) is 0. The van der Waals surface area contributed by atoms with Gasteiger partial charge in [0.2, 0.25) is 0 Å². The van der Waals surface area contributed by atoms with E-state index in [-0.39, 0.29) is 5.92 Å². The van der Waals surface area contributed by atoms with Gasteiger partial charge in [-0.1, -0.05) is 103 Å². The molecule has 180 valence electrons. The molecule has 0 aromatic heterocycles. The molecule has 0 heterocycles. The van der Waals surface area contributed by atoms with Crippen molar-refractivity contribution in [2.75, 3.05) is 0 Å². The SMILES string of the molecule is Clc1ccc(C(c2ccc(-c3ccccc3)cc2)c2ccc(C34CC5CC(CC(C5)C3)C4)cc2)cc1. The van der Waals surface area contributed by atoms with Gasteiger partial charge in [-0.05, 0) is 107 Å². The highest BCUT2D eigenvalue weighted by Gasteiger charge is 2.51. The van der Waals surface area contributed by atoms with Crippen LogP contribution in [0.15, 0.2) is 103 Å². The molecule has 0 aliphatic heterocycles. The van der Waals surface area contributed by atoms with E-state index < -0.39 is 0 Å². The quantitative estimate of drug-likeness (QED) is 0.245. The second-order valence-electron chi connectivity index (χ2n) is 11.8. The first-order chi connectivity index (χ1) is 17.6. The first-order valence-electron chi connectivity index (χ1n) is 13.7. The molecular weight excluding hydrogens is 456 g/mol. The molecule has 0 nitrogen and oxygen atoms in total. The Labute approximate surface area is 220 Å². The lowest BCUT2D eigenvalue weighted by molar-refractivity contribution is -0.00519. The lowest BCUT2D eigenvalue weighted by atomic mass is 9.48. The Morgan fingerprint density at radius 3 is 1.50 bits per heavy atom. The zero-order valence-electron chi connectivity index (χ0n) is 20.7. The fraction of sp³-hybridized carbons (Fsp3) is 0.314. The van der Waals surface area contributed by atoms with Gasteiger partial charge >= 0.3 is 0 Å². The molecule has 4 aliphatic carbocycles. The first-order valence-corrected chi connectivity index (χ1v) is 14.0. The minimum atomic E-state index is 0.192. The summed E-state index contributed by atoms with van der Waals surface area (Å²) in [4.78, 5) is 0. The molecule has 0 radical (unpaired) electrons. The predicted octanol–water partition coefficient (Wildman–Crippen LogP) is 9.65. The number of benzene rings is 4. The van der Waals surface area contributed by atoms with Crippen LogP contribution in [0.1, 0.15) is 66.7 Å². The van der Waals surface area contributed by atoms with E-state index in [0.29, 0.717) is 5.41 Å². The molecule has 4 fully saturated rings. The van der Waals surface area contributed by atoms with Crippen LogP contribution in [0, 0.1) is 17.8 Å². The molecule has 36 heavy (non-hydrogen) atoms. The fourth-order valence-corrected chi connectivity index (χ4v) is 8.35. The standard InChI is InChI=1S/C35H33Cl/c36-33-16-12-31(13-17-33)34(29-8-6-28(7-9-29)27-4-2-1-3-5-27)30-10-14-32(15-11-30)35-21-24-18-25(22-35)20-26(19-24)23-35/h1-17,24-26,34H,18-23H2. The molecular formula is C35H33Cl. The molecule has 4 aromatic rings. The minimum absolute atomic E-state index is 0.192. The molecule has 1 heteroatoms. The number of hydrogen-bond donors (Lipinski definition) is 0. The van der Waals surface area contributed by atoms with E-state index >= 15 is 0 Å². The molecule has 0 amide bonds. The van der Waals surface area contributed by atoms with Gasteiger partial charge in [0.05, 0.1) is 0 Å². The van der Waals surface area contributed by atoms with Crippen molar-refractivity contribution in [3.8, 4) is 11.1 Å². The summed E-state index contributed by atoms with van der Waals surface area (Å²) in [6.07, 6.45) is 8.73. The van der Waals surface area contributed by atoms with Gasteiger partial charge in [0.1, 0.15) is 0 Å². The Bertz CT molecular complexity index is 1300. The Balaban J connectivity index is 1.24. The largest absolute Gasteiger partial charge is 0.0843 e. The van der Waals surface area contributed by atoms with E-state index in [9.17, 15) is 0 Å². The number of rotatable bonds is 5. The highest BCUT2D eigenvalue weighted by Crippen LogP contribution is 2.60. The molecule has 4 aromatic carbocycles. The van der Waals surface area contributed by atoms with Crippen LogP contribution in [0.5, 0.6) is 0 Å². The van der Waals surface area contributed by atoms with Crippen molar-refractivity contribution in [2.24, 2.45) is 17.8 Å². The zero-order chi connectivity index (χ0) is 24.1. The van der Waals surface area contributed by atoms with Gasteiger partial charge in [0.15, 0.2) is 0 Å². The van der Waals surface area contributed by atoms with Gasteiger partial charge < -0.3 is 0 Å². The summed E-state index contributed by atoms with van der Waals surface area (Å²) in [5.74, 6) is 3.11. The van der Waals surface area contributed by atoms with Crippen LogP contribution in [0.25, 0.3) is 11.1 Å². The Kier molecular flexibility index (Phi) is 5.55. The summed E-state index contributed by atoms with van der Waals surface area (Å²) >= 11 is 6.27. The monoisotopic (exact) mass is 488 g/mol. The topological polar surface area (TPSA) is 0 Å². The second kappa shape index (κ2) is 8.93. The van der Waals surface area contributed by atoms with E-state index in [1.54, 1.807) is 5.56 Å². The summed E-state index contributed by atoms with van der Waals surface area (Å²) in [5, 5.41) is 0.786. The van der Waals surface area contributed by atoms with Crippen LogP contribution in [-0.2, 0) is 5.41 Å². The molecule has 8 rings (SSSR count). The molecule has 4 saturated carbocycles. The van der Waals surface area contributed by atoms with Crippen LogP contribution >= 0.6 is 11.6 Å². The van der Waals surface area contributed by atoms with E-state index in [0.717, 1.165) is 22.8 Å². The van der Waals surface area contributed by atoms with Crippen molar-refractivity contribution in [3.63, 3.8) is 0 Å². The Morgan fingerprint density at radius 1 is 0.528 bits per heavy atom. The van der Waals surface area contributed by atoms with Crippen LogP contribution in [0.3, 0.4) is 0 Å². The van der Waals surface area contributed by atoms with Crippen LogP contribution in [-0.4, -0.2) is 0 Å². The highest BCUT2D eigenvalue weighted by molar-refractivity contribution is 6.30. The van der Waals surface area contributed by atoms with Crippen LogP contribution in [0.2, 0.25) is 5.02 Å². The predicted molar refractivity (Wildman–Crippen MR) is 151 cm³/mol. The third-order valence-electron chi connectivity index (χ3n) is 9.45. The van der Waals surface area contributed by atoms with Gasteiger partial charge in [-0.25, -0.2) is 0 Å². The molecule has 1 atom stereocenters. The normalized spacial score (nSPS) is 27.2. The molecule has 4 bridgehead atoms. The Morgan fingerprint density at radius 2 is 0.972 bits per heavy atom. The summed E-state index contributed by atoms with van der Waals surface area (Å²) in [6.45, 7) is 0. The van der Waals surface area contributed by atoms with Crippen molar-refractivity contribution in [1.82, 2.24) is 0 Å². The maximum atomic E-state index is 6.27. The van der Waals surface area contributed by atoms with Crippen molar-refractivity contribution < 1.29 is 0 Å². The fourth-order valence-electron chi connectivity index (χ4n) is 8.22. The smallest absolute Gasteiger partial charge is 0.0406 e. The van der Waals surface area contributed by atoms with Crippen molar-refractivity contribution >= 4 is 11.6 Å². The van der Waals surface area contributed by atoms with Crippen LogP contribution in [0.4, 0.5) is 0 Å². The summed E-state index contributed by atoms with van der Waals surface area (Å²) < 4.78 is 0. The summed E-state index contributed by atoms with van der Waals surface area (Å²) in [5.41, 5.74) is 8.52. The van der Waals surface area contributed by atoms with Gasteiger partial charge in [-0.2, -0.15) is 0 Å². The summed E-state index contributed by atoms with van der Waals surface area (Å²) in [7, 11) is 0. The molecule has 0 spiro atoms. The maximum Gasteiger partial charge on any atom is 0.0406 e. The lowest BCUT2D eigenvalue weighted by Crippen LogP contribution is -2.48. The molecule has 0 saturated heterocycles. The van der Waals surface area contributed by atoms with Gasteiger partial charge in [-0.15, -0.1) is 0 Å². The van der Waals surface area contributed by atoms with Gasteiger partial charge in [-0.3, -0.25) is 0 Å². The van der Waals surface area contributed by atoms with E-state index in [1.807, 2.05) is 12.1 Å². The van der Waals surface area contributed by atoms with Crippen molar-refractivity contribution in [1.29, 1.82) is 0 Å². The molecule has 1 unspecified atom stereocenters. The van der Waals surface area contributed by atoms with Crippen LogP contribution < -0.4 is 0 Å². The third kappa shape index (κ3) is 4.00. The van der Waals surface area contributed by atoms with E-state index in [4.69, 9.17) is 11.6 Å². The first kappa shape index (κ1) is 22.4. The zero-order valence-corrected chi connectivity index (χ0v) is 21.5. The van der Waals surface area contributed by atoms with E-state index in [1.165, 1.54) is 66.3 Å². The highest BCUT2D eigenvalue weighted by atomic mass is 35.5. The van der Waals surface area contributed by atoms with Crippen molar-refractivity contribution in [2.45, 2.75) is 49.9 Å². The average Bonchev–Trinajstić information content (AvgIpc) is 2.90. The molecule has 4 aliphatic rings. The summed E-state index contributed by atoms with van der Waals surface area (Å²) in [6, 6.07) is 37.9. The third-order valence-corrected chi connectivity index (χ3v) is 9.70. The second-order valence-corrected chi connectivity index (χ2v) is 12.2. The van der Waals surface area contributed by atoms with Gasteiger partial charge in [0, 0.05) is 10.9 Å². The maximum absolute atomic E-state index is 6.27. The minimum Gasteiger partial charge on any atom is -0.0843 e. The average molecular weight is 489 g/mol. The number of halogens is 1. The van der Waals surface area contributed by atoms with E-state index in [2.05, 4.69) is 91.0 Å². The van der Waals surface area contributed by atoms with Crippen molar-refractivity contribution in [3.05, 3.63) is 130 Å². The Hall–Kier alpha value is -2.83.